The van der Waals surface area contributed by atoms with Crippen LogP contribution in [0.4, 0.5) is 4.39 Å². The van der Waals surface area contributed by atoms with Gasteiger partial charge in [-0.25, -0.2) is 4.39 Å². The van der Waals surface area contributed by atoms with Gasteiger partial charge in [-0.1, -0.05) is 6.07 Å². The highest BCUT2D eigenvalue weighted by Gasteiger charge is 2.27. The predicted molar refractivity (Wildman–Crippen MR) is 68.0 cm³/mol. The summed E-state index contributed by atoms with van der Waals surface area (Å²) in [6.45, 7) is 1.49. The van der Waals surface area contributed by atoms with Gasteiger partial charge in [0.25, 0.3) is 0 Å². The molecular weight excluding hydrogens is 233 g/mol. The Bertz CT molecular complexity index is 405. The molecule has 1 aromatic rings. The molecule has 1 aliphatic carbocycles. The Hall–Kier alpha value is -1.13. The molecule has 3 nitrogen and oxygen atoms in total. The zero-order valence-electron chi connectivity index (χ0n) is 10.9. The van der Waals surface area contributed by atoms with Gasteiger partial charge >= 0.3 is 0 Å². The van der Waals surface area contributed by atoms with Crippen molar-refractivity contribution in [1.82, 2.24) is 4.90 Å². The fraction of sp³-hybridized carbons (Fsp3) is 0.571. The van der Waals surface area contributed by atoms with Crippen LogP contribution in [-0.2, 0) is 6.54 Å². The van der Waals surface area contributed by atoms with Gasteiger partial charge in [-0.2, -0.15) is 0 Å². The van der Waals surface area contributed by atoms with E-state index >= 15 is 0 Å². The number of hydrogen-bond acceptors (Lipinski definition) is 3. The van der Waals surface area contributed by atoms with E-state index in [1.165, 1.54) is 13.2 Å². The maximum absolute atomic E-state index is 13.7. The average Bonchev–Trinajstić information content (AvgIpc) is 2.30. The maximum Gasteiger partial charge on any atom is 0.131 e. The Balaban J connectivity index is 1.88. The Morgan fingerprint density at radius 3 is 2.72 bits per heavy atom. The van der Waals surface area contributed by atoms with Crippen LogP contribution >= 0.6 is 0 Å². The number of halogens is 1. The van der Waals surface area contributed by atoms with Gasteiger partial charge in [0.15, 0.2) is 0 Å². The summed E-state index contributed by atoms with van der Waals surface area (Å²) in [5, 5.41) is 9.23. The average molecular weight is 253 g/mol. The number of ether oxygens (including phenoxy) is 1. The van der Waals surface area contributed by atoms with Crippen molar-refractivity contribution < 1.29 is 14.2 Å². The van der Waals surface area contributed by atoms with Gasteiger partial charge in [0.1, 0.15) is 11.6 Å². The summed E-state index contributed by atoms with van der Waals surface area (Å²) in [6.07, 6.45) is 1.62. The molecule has 0 aliphatic heterocycles. The molecule has 1 N–H and O–H groups in total. The molecule has 4 heteroatoms. The van der Waals surface area contributed by atoms with Crippen molar-refractivity contribution in [2.24, 2.45) is 5.92 Å². The number of aliphatic hydroxyl groups excluding tert-OH is 1. The molecule has 0 heterocycles. The van der Waals surface area contributed by atoms with Gasteiger partial charge in [-0.15, -0.1) is 0 Å². The summed E-state index contributed by atoms with van der Waals surface area (Å²) in [7, 11) is 3.51. The number of aliphatic hydroxyl groups is 1. The molecule has 0 unspecified atom stereocenters. The maximum atomic E-state index is 13.7. The quantitative estimate of drug-likeness (QED) is 0.871. The van der Waals surface area contributed by atoms with Crippen LogP contribution < -0.4 is 4.74 Å². The third-order valence-electron chi connectivity index (χ3n) is 3.48. The fourth-order valence-electron chi connectivity index (χ4n) is 2.43. The lowest BCUT2D eigenvalue weighted by Crippen LogP contribution is -2.36. The minimum atomic E-state index is -0.227. The molecule has 100 valence electrons. The highest BCUT2D eigenvalue weighted by molar-refractivity contribution is 5.28. The van der Waals surface area contributed by atoms with Crippen molar-refractivity contribution >= 4 is 0 Å². The van der Waals surface area contributed by atoms with Gasteiger partial charge in [0, 0.05) is 24.7 Å². The molecule has 0 saturated heterocycles. The molecule has 0 atom stereocenters. The van der Waals surface area contributed by atoms with Crippen molar-refractivity contribution in [2.45, 2.75) is 25.5 Å². The van der Waals surface area contributed by atoms with Gasteiger partial charge in [0.2, 0.25) is 0 Å². The van der Waals surface area contributed by atoms with E-state index in [9.17, 15) is 9.50 Å². The first-order chi connectivity index (χ1) is 8.58. The molecule has 18 heavy (non-hydrogen) atoms. The second-order valence-corrected chi connectivity index (χ2v) is 5.15. The lowest BCUT2D eigenvalue weighted by molar-refractivity contribution is 0.0272. The van der Waals surface area contributed by atoms with E-state index in [2.05, 4.69) is 4.90 Å². The topological polar surface area (TPSA) is 32.7 Å². The van der Waals surface area contributed by atoms with Crippen LogP contribution in [0.3, 0.4) is 0 Å². The number of benzene rings is 1. The first-order valence-corrected chi connectivity index (χ1v) is 6.27. The molecule has 0 radical (unpaired) electrons. The van der Waals surface area contributed by atoms with Crippen molar-refractivity contribution in [1.29, 1.82) is 0 Å². The minimum absolute atomic E-state index is 0.124. The highest BCUT2D eigenvalue weighted by Crippen LogP contribution is 2.28. The summed E-state index contributed by atoms with van der Waals surface area (Å²) in [6, 6.07) is 4.95. The van der Waals surface area contributed by atoms with E-state index in [0.29, 0.717) is 23.8 Å². The molecule has 1 fully saturated rings. The van der Waals surface area contributed by atoms with Crippen molar-refractivity contribution in [3.8, 4) is 5.75 Å². The first-order valence-electron chi connectivity index (χ1n) is 6.27. The van der Waals surface area contributed by atoms with Gasteiger partial charge < -0.3 is 14.7 Å². The fourth-order valence-corrected chi connectivity index (χ4v) is 2.43. The van der Waals surface area contributed by atoms with Gasteiger partial charge in [-0.3, -0.25) is 0 Å². The van der Waals surface area contributed by atoms with E-state index in [0.717, 1.165) is 19.4 Å². The number of rotatable bonds is 5. The Labute approximate surface area is 107 Å². The second kappa shape index (κ2) is 5.67. The molecule has 1 saturated carbocycles. The second-order valence-electron chi connectivity index (χ2n) is 5.15. The highest BCUT2D eigenvalue weighted by atomic mass is 19.1. The monoisotopic (exact) mass is 253 g/mol. The summed E-state index contributed by atoms with van der Waals surface area (Å²) >= 11 is 0. The SMILES string of the molecule is COc1ccc(CN(C)CC2CC(O)C2)c(F)c1. The summed E-state index contributed by atoms with van der Waals surface area (Å²) < 4.78 is 18.7. The Morgan fingerprint density at radius 1 is 1.44 bits per heavy atom. The first kappa shape index (κ1) is 13.3. The largest absolute Gasteiger partial charge is 0.497 e. The molecule has 0 spiro atoms. The lowest BCUT2D eigenvalue weighted by Gasteiger charge is -2.34. The molecule has 0 bridgehead atoms. The van der Waals surface area contributed by atoms with E-state index in [1.807, 2.05) is 7.05 Å². The van der Waals surface area contributed by atoms with E-state index in [1.54, 1.807) is 12.1 Å². The van der Waals surface area contributed by atoms with E-state index in [4.69, 9.17) is 4.74 Å². The van der Waals surface area contributed by atoms with Crippen molar-refractivity contribution in [3.05, 3.63) is 29.6 Å². The van der Waals surface area contributed by atoms with Crippen LogP contribution in [0.5, 0.6) is 5.75 Å². The standard InChI is InChI=1S/C14H20FNO2/c1-16(8-10-5-12(17)6-10)9-11-3-4-13(18-2)7-14(11)15/h3-4,7,10,12,17H,5-6,8-9H2,1-2H3. The van der Waals surface area contributed by atoms with Gasteiger partial charge in [-0.05, 0) is 31.9 Å². The number of methoxy groups -OCH3 is 1. The van der Waals surface area contributed by atoms with Crippen LogP contribution in [0.25, 0.3) is 0 Å². The van der Waals surface area contributed by atoms with Crippen LogP contribution in [0.15, 0.2) is 18.2 Å². The van der Waals surface area contributed by atoms with E-state index in [-0.39, 0.29) is 11.9 Å². The smallest absolute Gasteiger partial charge is 0.131 e. The molecule has 0 amide bonds. The van der Waals surface area contributed by atoms with Crippen LogP contribution in [0.1, 0.15) is 18.4 Å². The number of hydrogen-bond donors (Lipinski definition) is 1. The summed E-state index contributed by atoms with van der Waals surface area (Å²) in [5.74, 6) is 0.863. The molecule has 1 aromatic carbocycles. The molecular formula is C14H20FNO2. The van der Waals surface area contributed by atoms with Crippen LogP contribution in [0.2, 0.25) is 0 Å². The van der Waals surface area contributed by atoms with Crippen molar-refractivity contribution in [2.75, 3.05) is 20.7 Å². The molecule has 1 aliphatic rings. The Kier molecular flexibility index (Phi) is 4.19. The zero-order valence-corrected chi connectivity index (χ0v) is 10.9. The molecule has 2 rings (SSSR count). The Morgan fingerprint density at radius 2 is 2.17 bits per heavy atom. The lowest BCUT2D eigenvalue weighted by atomic mass is 9.82. The minimum Gasteiger partial charge on any atom is -0.497 e. The third kappa shape index (κ3) is 3.21. The third-order valence-corrected chi connectivity index (χ3v) is 3.48. The van der Waals surface area contributed by atoms with Crippen LogP contribution in [0, 0.1) is 11.7 Å². The van der Waals surface area contributed by atoms with Gasteiger partial charge in [0.05, 0.1) is 13.2 Å². The van der Waals surface area contributed by atoms with Crippen molar-refractivity contribution in [3.63, 3.8) is 0 Å². The normalized spacial score (nSPS) is 22.9. The number of nitrogens with zero attached hydrogens (tertiary/aromatic N) is 1. The van der Waals surface area contributed by atoms with E-state index < -0.39 is 0 Å². The zero-order chi connectivity index (χ0) is 13.1. The molecule has 0 aromatic heterocycles. The summed E-state index contributed by atoms with van der Waals surface area (Å²) in [5.41, 5.74) is 0.679. The predicted octanol–water partition coefficient (Wildman–Crippen LogP) is 2.04. The van der Waals surface area contributed by atoms with Crippen LogP contribution in [-0.4, -0.2) is 36.8 Å². The summed E-state index contributed by atoms with van der Waals surface area (Å²) in [4.78, 5) is 2.10.